The van der Waals surface area contributed by atoms with Crippen molar-refractivity contribution in [2.45, 2.75) is 102 Å². The molecule has 0 bridgehead atoms. The van der Waals surface area contributed by atoms with E-state index in [4.69, 9.17) is 37.5 Å². The Labute approximate surface area is 451 Å². The number of ketones is 1. The number of nitrogens with one attached hydrogen (secondary N) is 3. The summed E-state index contributed by atoms with van der Waals surface area (Å²) in [5.41, 5.74) is -1.10. The number of rotatable bonds is 24. The normalized spacial score (nSPS) is 20.0. The van der Waals surface area contributed by atoms with Crippen LogP contribution in [0, 0.1) is 24.2 Å². The molecule has 0 spiro atoms. The molecular weight excluding hydrogens is 1050 g/mol. The highest BCUT2D eigenvalue weighted by Crippen LogP contribution is 2.63. The van der Waals surface area contributed by atoms with Crippen LogP contribution >= 0.6 is 18.2 Å². The summed E-state index contributed by atoms with van der Waals surface area (Å²) in [4.78, 5) is 90.1. The number of carbonyl (C=O) groups is 3. The molecule has 1 amide bonds. The van der Waals surface area contributed by atoms with Gasteiger partial charge in [0.05, 0.1) is 46.3 Å². The van der Waals surface area contributed by atoms with Crippen molar-refractivity contribution in [2.24, 2.45) is 5.92 Å². The van der Waals surface area contributed by atoms with Crippen molar-refractivity contribution in [1.82, 2.24) is 29.1 Å². The topological polar surface area (TPSA) is 296 Å². The fraction of sp³-hybridized carbons (Fsp3) is 0.415. The molecule has 2 aliphatic rings. The number of amides is 1. The van der Waals surface area contributed by atoms with Crippen LogP contribution in [0.25, 0.3) is 11.2 Å². The molecule has 0 radical (unpaired) electrons. The maximum Gasteiger partial charge on any atom is 0.389 e. The summed E-state index contributed by atoms with van der Waals surface area (Å²) in [5, 5.41) is 12.2. The summed E-state index contributed by atoms with van der Waals surface area (Å²) in [6.07, 6.45) is -4.56. The molecule has 2 aliphatic heterocycles. The fourth-order valence-electron chi connectivity index (χ4n) is 8.95. The zero-order valence-electron chi connectivity index (χ0n) is 43.6. The van der Waals surface area contributed by atoms with Gasteiger partial charge >= 0.3 is 18.5 Å². The van der Waals surface area contributed by atoms with E-state index in [1.807, 2.05) is 84.9 Å². The molecule has 8 rings (SSSR count). The number of fused-ring (bicyclic) bond motifs is 1. The maximum atomic E-state index is 15.5. The largest absolute Gasteiger partial charge is 0.497 e. The minimum Gasteiger partial charge on any atom is -0.497 e. The average Bonchev–Trinajstić information content (AvgIpc) is 4.24. The van der Waals surface area contributed by atoms with Crippen LogP contribution in [0.4, 0.5) is 5.95 Å². The first-order valence-electron chi connectivity index (χ1n) is 25.0. The third-order valence-corrected chi connectivity index (χ3v) is 16.8. The van der Waals surface area contributed by atoms with E-state index in [9.17, 15) is 34.0 Å². The Balaban J connectivity index is 1.18. The zero-order chi connectivity index (χ0) is 55.7. The molecule has 6 aromatic rings. The number of aryl methyl sites for hydroxylation is 1. The van der Waals surface area contributed by atoms with E-state index in [-0.39, 0.29) is 72.9 Å². The lowest BCUT2D eigenvalue weighted by atomic mass is 9.80. The fourth-order valence-corrected chi connectivity index (χ4v) is 12.3. The zero-order valence-corrected chi connectivity index (χ0v) is 45.3. The number of aromatic amines is 2. The Kier molecular flexibility index (Phi) is 18.3. The minimum atomic E-state index is -4.46. The minimum absolute atomic E-state index is 0.0224. The highest BCUT2D eigenvalue weighted by atomic mass is 32.7. The number of H-pyrrole nitrogens is 2. The number of carbonyl (C=O) groups excluding carboxylic acids is 3. The molecule has 0 aliphatic carbocycles. The van der Waals surface area contributed by atoms with Gasteiger partial charge in [-0.15, -0.1) is 0 Å². The highest BCUT2D eigenvalue weighted by Gasteiger charge is 2.47. The van der Waals surface area contributed by atoms with Crippen molar-refractivity contribution in [3.05, 3.63) is 145 Å². The molecule has 23 nitrogen and oxygen atoms in total. The quantitative estimate of drug-likeness (QED) is 0.0248. The van der Waals surface area contributed by atoms with Gasteiger partial charge in [0, 0.05) is 49.1 Å². The van der Waals surface area contributed by atoms with Gasteiger partial charge in [0.25, 0.3) is 11.1 Å². The smallest absolute Gasteiger partial charge is 0.389 e. The second-order valence-electron chi connectivity index (χ2n) is 18.8. The molecule has 25 heteroatoms. The molecule has 1 unspecified atom stereocenters. The summed E-state index contributed by atoms with van der Waals surface area (Å²) in [7, 11) is 3.13. The Morgan fingerprint density at radius 1 is 0.859 bits per heavy atom. The first-order chi connectivity index (χ1) is 37.4. The molecule has 3 aromatic carbocycles. The summed E-state index contributed by atoms with van der Waals surface area (Å²) in [6.45, 7) is 0.946. The lowest BCUT2D eigenvalue weighted by Gasteiger charge is -2.37. The standard InChI is InChI=1S/C53H59N8O15PS/c1-31(2)48(64)57-51-56-47-46(50(66)58-51)55-30-61(47)44-26-40(41(73-44)28-71-53(34-11-8-7-9-12-34,35-14-18-37(69-5)19-15-35)36-16-20-38(70-6)21-17-36)76-77(68,78-24-10-23-54)72-29-42-39(75-45(63)22-13-33(4)62)25-43(74-42)60-27-32(3)49(65)59-52(60)67/h7-9,11-12,14-21,27,30-31,39-44H,10,13,22,24-26,28-29H2,1-6H3,(H,59,65,67)(H2,56,57,58,64,66)/t39-,40-,41+,42+,43+,44+,77?/m0/s1. The van der Waals surface area contributed by atoms with Gasteiger partial charge in [0.2, 0.25) is 11.9 Å². The molecule has 412 valence electrons. The van der Waals surface area contributed by atoms with E-state index in [1.165, 1.54) is 30.9 Å². The molecule has 78 heavy (non-hydrogen) atoms. The third-order valence-electron chi connectivity index (χ3n) is 13.1. The molecular formula is C53H59N8O15PS. The van der Waals surface area contributed by atoms with Crippen LogP contribution in [0.1, 0.15) is 87.6 Å². The first-order valence-corrected chi connectivity index (χ1v) is 28.1. The lowest BCUT2D eigenvalue weighted by molar-refractivity contribution is -0.153. The summed E-state index contributed by atoms with van der Waals surface area (Å²) in [5.74, 6) is -0.776. The van der Waals surface area contributed by atoms with E-state index < -0.39 is 90.5 Å². The Hall–Kier alpha value is -7.23. The number of Topliss-reactive ketones (excluding diaryl/α,β-unsaturated/α-hetero) is 1. The van der Waals surface area contributed by atoms with Crippen LogP contribution in [0.15, 0.2) is 106 Å². The van der Waals surface area contributed by atoms with E-state index in [1.54, 1.807) is 28.1 Å². The van der Waals surface area contributed by atoms with Crippen LogP contribution < -0.4 is 31.6 Å². The maximum absolute atomic E-state index is 15.5. The van der Waals surface area contributed by atoms with E-state index in [0.29, 0.717) is 22.6 Å². The van der Waals surface area contributed by atoms with Crippen LogP contribution in [-0.4, -0.2) is 104 Å². The van der Waals surface area contributed by atoms with Gasteiger partial charge in [-0.3, -0.25) is 52.6 Å². The summed E-state index contributed by atoms with van der Waals surface area (Å²) < 4.78 is 68.2. The monoisotopic (exact) mass is 1110 g/mol. The number of benzene rings is 3. The Bertz CT molecular complexity index is 3330. The Morgan fingerprint density at radius 3 is 2.09 bits per heavy atom. The second kappa shape index (κ2) is 25.1. The number of nitrogens with zero attached hydrogens (tertiary/aromatic N) is 5. The lowest BCUT2D eigenvalue weighted by Crippen LogP contribution is -2.38. The second-order valence-corrected chi connectivity index (χ2v) is 22.9. The molecule has 5 heterocycles. The van der Waals surface area contributed by atoms with Crippen molar-refractivity contribution < 1.29 is 56.4 Å². The van der Waals surface area contributed by atoms with Gasteiger partial charge in [0.15, 0.2) is 11.2 Å². The number of ether oxygens (including phenoxy) is 6. The predicted molar refractivity (Wildman–Crippen MR) is 284 cm³/mol. The molecule has 2 saturated heterocycles. The summed E-state index contributed by atoms with van der Waals surface area (Å²) >= 11 is 0.740. The van der Waals surface area contributed by atoms with E-state index >= 15 is 4.57 Å². The number of imidazole rings is 1. The number of esters is 1. The average molecular weight is 1110 g/mol. The van der Waals surface area contributed by atoms with Crippen molar-refractivity contribution >= 4 is 53.0 Å². The van der Waals surface area contributed by atoms with Gasteiger partial charge in [-0.2, -0.15) is 10.2 Å². The van der Waals surface area contributed by atoms with Crippen molar-refractivity contribution in [3.63, 3.8) is 0 Å². The number of methoxy groups -OCH3 is 2. The third kappa shape index (κ3) is 13.0. The van der Waals surface area contributed by atoms with Crippen LogP contribution in [-0.2, 0) is 52.5 Å². The van der Waals surface area contributed by atoms with E-state index in [2.05, 4.69) is 25.3 Å². The van der Waals surface area contributed by atoms with Gasteiger partial charge < -0.3 is 33.2 Å². The number of anilines is 1. The first kappa shape index (κ1) is 57.0. The number of aromatic nitrogens is 6. The predicted octanol–water partition coefficient (Wildman–Crippen LogP) is 6.61. The number of nitriles is 1. The van der Waals surface area contributed by atoms with Gasteiger partial charge in [-0.05, 0) is 66.2 Å². The Morgan fingerprint density at radius 2 is 1.47 bits per heavy atom. The van der Waals surface area contributed by atoms with Crippen LogP contribution in [0.5, 0.6) is 11.5 Å². The van der Waals surface area contributed by atoms with Crippen molar-refractivity contribution in [3.8, 4) is 17.6 Å². The van der Waals surface area contributed by atoms with Crippen molar-refractivity contribution in [2.75, 3.05) is 38.5 Å². The van der Waals surface area contributed by atoms with Crippen LogP contribution in [0.2, 0.25) is 0 Å². The summed E-state index contributed by atoms with van der Waals surface area (Å²) in [6, 6.07) is 26.3. The number of hydrogen-bond acceptors (Lipinski definition) is 19. The van der Waals surface area contributed by atoms with E-state index in [0.717, 1.165) is 21.5 Å². The van der Waals surface area contributed by atoms with Gasteiger partial charge in [-0.25, -0.2) is 14.3 Å². The van der Waals surface area contributed by atoms with Crippen molar-refractivity contribution in [1.29, 1.82) is 5.26 Å². The van der Waals surface area contributed by atoms with Gasteiger partial charge in [-0.1, -0.05) is 68.4 Å². The highest BCUT2D eigenvalue weighted by molar-refractivity contribution is 8.55. The van der Waals surface area contributed by atoms with Gasteiger partial charge in [0.1, 0.15) is 59.8 Å². The molecule has 3 N–H and O–H groups in total. The molecule has 3 aromatic heterocycles. The molecule has 7 atom stereocenters. The molecule has 2 fully saturated rings. The van der Waals surface area contributed by atoms with Crippen LogP contribution in [0.3, 0.4) is 0 Å². The SMILES string of the molecule is COc1ccc(C(OC[C@H]2O[C@@H](n3cnc4c(=O)[nH]c(NC(=O)C(C)C)nc43)C[C@@H]2OP(=O)(OC[C@H]2O[C@@H](n3cc(C)c(=O)[nH]c3=O)C[C@@H]2OC(=O)CCC(C)=O)SCCC#N)(c2ccccc2)c2ccc(OC)cc2)cc1. The molecule has 0 saturated carbocycles. The number of hydrogen-bond donors (Lipinski definition) is 3.